The number of carbonyl (C=O) groups excluding carboxylic acids is 3. The number of hydrogen-bond acceptors (Lipinski definition) is 4. The number of likely N-dealkylation sites (N-methyl/N-ethyl adjacent to an activating group) is 1. The fourth-order valence-corrected chi connectivity index (χ4v) is 2.48. The second-order valence-electron chi connectivity index (χ2n) is 5.96. The molecule has 0 unspecified atom stereocenters. The van der Waals surface area contributed by atoms with Gasteiger partial charge in [-0.2, -0.15) is 0 Å². The number of benzene rings is 2. The summed E-state index contributed by atoms with van der Waals surface area (Å²) in [4.78, 5) is 37.0. The molecule has 0 spiro atoms. The zero-order valence-corrected chi connectivity index (χ0v) is 16.5. The van der Waals surface area contributed by atoms with E-state index in [1.807, 2.05) is 0 Å². The highest BCUT2D eigenvalue weighted by Gasteiger charge is 2.16. The molecular formula is C20H22ClN3O4. The molecule has 0 bridgehead atoms. The molecule has 0 aliphatic carbocycles. The monoisotopic (exact) mass is 403 g/mol. The minimum Gasteiger partial charge on any atom is -0.484 e. The largest absolute Gasteiger partial charge is 0.484 e. The van der Waals surface area contributed by atoms with Crippen molar-refractivity contribution in [3.05, 3.63) is 53.6 Å². The minimum absolute atomic E-state index is 0.0905. The van der Waals surface area contributed by atoms with E-state index < -0.39 is 0 Å². The Morgan fingerprint density at radius 2 is 1.54 bits per heavy atom. The Bertz CT molecular complexity index is 822. The van der Waals surface area contributed by atoms with Gasteiger partial charge in [0.15, 0.2) is 6.61 Å². The second kappa shape index (κ2) is 10.3. The lowest BCUT2D eigenvalue weighted by Gasteiger charge is -2.20. The van der Waals surface area contributed by atoms with Crippen LogP contribution < -0.4 is 15.4 Å². The standard InChI is InChI=1S/C20H22ClN3O4/c1-3-24(20(27)13-28-18-10-4-15(21)5-11-18)12-19(26)23-17-8-6-16(7-9-17)22-14(2)25/h4-11H,3,12-13H2,1-2H3,(H,22,25)(H,23,26). The fraction of sp³-hybridized carbons (Fsp3) is 0.250. The van der Waals surface area contributed by atoms with Crippen LogP contribution in [0.25, 0.3) is 0 Å². The Hall–Kier alpha value is -3.06. The van der Waals surface area contributed by atoms with E-state index in [1.54, 1.807) is 55.5 Å². The molecule has 0 aliphatic rings. The molecule has 0 atom stereocenters. The van der Waals surface area contributed by atoms with E-state index in [-0.39, 0.29) is 30.9 Å². The van der Waals surface area contributed by atoms with Gasteiger partial charge in [0.25, 0.3) is 5.91 Å². The predicted octanol–water partition coefficient (Wildman–Crippen LogP) is 3.16. The van der Waals surface area contributed by atoms with Crippen molar-refractivity contribution in [3.63, 3.8) is 0 Å². The average Bonchev–Trinajstić information content (AvgIpc) is 2.66. The number of hydrogen-bond donors (Lipinski definition) is 2. The predicted molar refractivity (Wildman–Crippen MR) is 109 cm³/mol. The lowest BCUT2D eigenvalue weighted by molar-refractivity contribution is -0.136. The molecule has 2 aromatic rings. The number of ether oxygens (including phenoxy) is 1. The molecule has 28 heavy (non-hydrogen) atoms. The third-order valence-corrected chi connectivity index (χ3v) is 3.99. The summed E-state index contributed by atoms with van der Waals surface area (Å²) in [5.41, 5.74) is 1.20. The molecule has 0 saturated heterocycles. The summed E-state index contributed by atoms with van der Waals surface area (Å²) in [5, 5.41) is 5.95. The van der Waals surface area contributed by atoms with Crippen LogP contribution >= 0.6 is 11.6 Å². The average molecular weight is 404 g/mol. The van der Waals surface area contributed by atoms with E-state index in [0.29, 0.717) is 28.7 Å². The van der Waals surface area contributed by atoms with Crippen molar-refractivity contribution in [1.29, 1.82) is 0 Å². The van der Waals surface area contributed by atoms with Crippen molar-refractivity contribution in [2.75, 3.05) is 30.3 Å². The van der Waals surface area contributed by atoms with E-state index in [9.17, 15) is 14.4 Å². The van der Waals surface area contributed by atoms with E-state index in [0.717, 1.165) is 0 Å². The molecule has 0 radical (unpaired) electrons. The number of amides is 3. The van der Waals surface area contributed by atoms with Crippen LogP contribution in [0.5, 0.6) is 5.75 Å². The van der Waals surface area contributed by atoms with Gasteiger partial charge in [-0.1, -0.05) is 11.6 Å². The molecule has 0 saturated carbocycles. The lowest BCUT2D eigenvalue weighted by Crippen LogP contribution is -2.40. The highest BCUT2D eigenvalue weighted by atomic mass is 35.5. The van der Waals surface area contributed by atoms with E-state index in [1.165, 1.54) is 11.8 Å². The third-order valence-electron chi connectivity index (χ3n) is 3.73. The van der Waals surface area contributed by atoms with Gasteiger partial charge in [-0.15, -0.1) is 0 Å². The van der Waals surface area contributed by atoms with Gasteiger partial charge in [0.1, 0.15) is 5.75 Å². The summed E-state index contributed by atoms with van der Waals surface area (Å²) in [6.07, 6.45) is 0. The van der Waals surface area contributed by atoms with E-state index in [4.69, 9.17) is 16.3 Å². The van der Waals surface area contributed by atoms with Gasteiger partial charge in [-0.3, -0.25) is 14.4 Å². The van der Waals surface area contributed by atoms with Crippen molar-refractivity contribution in [2.45, 2.75) is 13.8 Å². The molecule has 0 heterocycles. The van der Waals surface area contributed by atoms with Crippen LogP contribution in [-0.2, 0) is 14.4 Å². The summed E-state index contributed by atoms with van der Waals surface area (Å²) in [5.74, 6) is -0.269. The summed E-state index contributed by atoms with van der Waals surface area (Å²) in [7, 11) is 0. The number of nitrogens with zero attached hydrogens (tertiary/aromatic N) is 1. The van der Waals surface area contributed by atoms with Crippen LogP contribution in [0.1, 0.15) is 13.8 Å². The first-order valence-electron chi connectivity index (χ1n) is 8.71. The van der Waals surface area contributed by atoms with Gasteiger partial charge >= 0.3 is 0 Å². The first kappa shape index (κ1) is 21.2. The van der Waals surface area contributed by atoms with Gasteiger partial charge in [-0.25, -0.2) is 0 Å². The van der Waals surface area contributed by atoms with Crippen LogP contribution in [0, 0.1) is 0 Å². The molecule has 7 nitrogen and oxygen atoms in total. The van der Waals surface area contributed by atoms with Crippen molar-refractivity contribution in [3.8, 4) is 5.75 Å². The molecule has 0 fully saturated rings. The summed E-state index contributed by atoms with van der Waals surface area (Å²) < 4.78 is 5.43. The molecule has 0 aliphatic heterocycles. The number of anilines is 2. The first-order valence-corrected chi connectivity index (χ1v) is 9.09. The van der Waals surface area contributed by atoms with Gasteiger partial charge < -0.3 is 20.3 Å². The van der Waals surface area contributed by atoms with Crippen LogP contribution in [0.2, 0.25) is 5.02 Å². The highest BCUT2D eigenvalue weighted by molar-refractivity contribution is 6.30. The van der Waals surface area contributed by atoms with Crippen molar-refractivity contribution in [2.24, 2.45) is 0 Å². The molecule has 2 aromatic carbocycles. The van der Waals surface area contributed by atoms with Gasteiger partial charge in [0.2, 0.25) is 11.8 Å². The maximum absolute atomic E-state index is 12.3. The third kappa shape index (κ3) is 6.92. The van der Waals surface area contributed by atoms with Gasteiger partial charge in [0, 0.05) is 29.9 Å². The number of carbonyl (C=O) groups is 3. The summed E-state index contributed by atoms with van der Waals surface area (Å²) in [6.45, 7) is 3.32. The maximum Gasteiger partial charge on any atom is 0.260 e. The zero-order valence-electron chi connectivity index (χ0n) is 15.7. The summed E-state index contributed by atoms with van der Waals surface area (Å²) >= 11 is 5.81. The number of halogens is 1. The topological polar surface area (TPSA) is 87.7 Å². The summed E-state index contributed by atoms with van der Waals surface area (Å²) in [6, 6.07) is 13.4. The fourth-order valence-electron chi connectivity index (χ4n) is 2.36. The van der Waals surface area contributed by atoms with Gasteiger partial charge in [0.05, 0.1) is 6.54 Å². The SMILES string of the molecule is CCN(CC(=O)Nc1ccc(NC(C)=O)cc1)C(=O)COc1ccc(Cl)cc1. The first-order chi connectivity index (χ1) is 13.4. The Kier molecular flexibility index (Phi) is 7.83. The quantitative estimate of drug-likeness (QED) is 0.708. The Balaban J connectivity index is 1.84. The normalized spacial score (nSPS) is 10.1. The van der Waals surface area contributed by atoms with E-state index >= 15 is 0 Å². The van der Waals surface area contributed by atoms with Gasteiger partial charge in [-0.05, 0) is 55.5 Å². The van der Waals surface area contributed by atoms with E-state index in [2.05, 4.69) is 10.6 Å². The molecule has 148 valence electrons. The van der Waals surface area contributed by atoms with Crippen molar-refractivity contribution >= 4 is 40.7 Å². The Morgan fingerprint density at radius 3 is 2.07 bits per heavy atom. The van der Waals surface area contributed by atoms with Crippen LogP contribution in [-0.4, -0.2) is 42.3 Å². The number of rotatable bonds is 8. The van der Waals surface area contributed by atoms with Crippen LogP contribution in [0.3, 0.4) is 0 Å². The lowest BCUT2D eigenvalue weighted by atomic mass is 10.2. The Morgan fingerprint density at radius 1 is 0.964 bits per heavy atom. The molecule has 3 amide bonds. The molecule has 2 rings (SSSR count). The molecular weight excluding hydrogens is 382 g/mol. The maximum atomic E-state index is 12.3. The molecule has 0 aromatic heterocycles. The van der Waals surface area contributed by atoms with Crippen LogP contribution in [0.15, 0.2) is 48.5 Å². The molecule has 2 N–H and O–H groups in total. The smallest absolute Gasteiger partial charge is 0.260 e. The van der Waals surface area contributed by atoms with Crippen molar-refractivity contribution in [1.82, 2.24) is 4.90 Å². The minimum atomic E-state index is -0.325. The molecule has 8 heteroatoms. The van der Waals surface area contributed by atoms with Crippen LogP contribution in [0.4, 0.5) is 11.4 Å². The van der Waals surface area contributed by atoms with Crippen molar-refractivity contribution < 1.29 is 19.1 Å². The highest BCUT2D eigenvalue weighted by Crippen LogP contribution is 2.16. The zero-order chi connectivity index (χ0) is 20.5. The Labute approximate surface area is 168 Å². The second-order valence-corrected chi connectivity index (χ2v) is 6.39. The number of nitrogens with one attached hydrogen (secondary N) is 2.